The monoisotopic (exact) mass is 1240 g/mol. The Morgan fingerprint density at radius 2 is 0.953 bits per heavy atom. The highest BCUT2D eigenvalue weighted by Gasteiger charge is 2.43. The number of carboxylic acids is 1. The van der Waals surface area contributed by atoms with E-state index < -0.39 is 103 Å². The molecule has 0 bridgehead atoms. The summed E-state index contributed by atoms with van der Waals surface area (Å²) >= 11 is 5.89. The molecule has 22 heteroatoms. The van der Waals surface area contributed by atoms with E-state index in [4.69, 9.17) is 47.4 Å². The Labute approximate surface area is 414 Å². The van der Waals surface area contributed by atoms with Crippen LogP contribution >= 0.6 is 67.8 Å². The summed E-state index contributed by atoms with van der Waals surface area (Å²) in [5.74, 6) is -7.66. The van der Waals surface area contributed by atoms with Crippen LogP contribution in [0.25, 0.3) is 0 Å². The number of halogens is 3. The van der Waals surface area contributed by atoms with Gasteiger partial charge in [-0.25, -0.2) is 4.79 Å². The average molecular weight is 1240 g/mol. The number of anilines is 1. The molecular weight excluding hydrogens is 1180 g/mol. The molecule has 3 amide bonds. The van der Waals surface area contributed by atoms with Gasteiger partial charge in [0.1, 0.15) is 49.8 Å². The number of aliphatic carboxylic acids is 1. The van der Waals surface area contributed by atoms with Crippen molar-refractivity contribution in [2.45, 2.75) is 129 Å². The van der Waals surface area contributed by atoms with Crippen LogP contribution in [0.5, 0.6) is 0 Å². The zero-order chi connectivity index (χ0) is 47.7. The summed E-state index contributed by atoms with van der Waals surface area (Å²) in [5.41, 5.74) is -0.820. The van der Waals surface area contributed by atoms with Crippen LogP contribution in [0.15, 0.2) is 0 Å². The molecule has 5 rings (SSSR count). The lowest BCUT2D eigenvalue weighted by Gasteiger charge is -2.33. The van der Waals surface area contributed by atoms with E-state index in [2.05, 4.69) is 0 Å². The fraction of sp³-hybridized carbons (Fsp3) is 0.738. The smallest absolute Gasteiger partial charge is 0.329 e. The van der Waals surface area contributed by atoms with Gasteiger partial charge in [0.2, 0.25) is 0 Å². The second-order valence-corrected chi connectivity index (χ2v) is 22.0. The molecule has 0 saturated carbocycles. The van der Waals surface area contributed by atoms with Crippen LogP contribution in [0.3, 0.4) is 0 Å². The minimum atomic E-state index is -1.31. The number of carboxylic acid groups (broad SMARTS) is 1. The summed E-state index contributed by atoms with van der Waals surface area (Å²) < 4.78 is 59.7. The number of ether oxygens (including phenoxy) is 10. The maximum atomic E-state index is 15.5. The van der Waals surface area contributed by atoms with Gasteiger partial charge < -0.3 is 62.3 Å². The van der Waals surface area contributed by atoms with E-state index in [1.54, 1.807) is 86.0 Å². The lowest BCUT2D eigenvalue weighted by molar-refractivity contribution is -0.154. The first kappa shape index (κ1) is 53.4. The van der Waals surface area contributed by atoms with Crippen LogP contribution in [0.2, 0.25) is 0 Å². The molecule has 4 fully saturated rings. The van der Waals surface area contributed by atoms with Crippen LogP contribution in [-0.4, -0.2) is 170 Å². The van der Waals surface area contributed by atoms with Gasteiger partial charge in [-0.05, 0) is 144 Å². The van der Waals surface area contributed by atoms with E-state index in [-0.39, 0.29) is 80.1 Å². The molecule has 1 aromatic carbocycles. The Bertz CT molecular complexity index is 1780. The molecule has 0 aromatic heterocycles. The summed E-state index contributed by atoms with van der Waals surface area (Å²) in [7, 11) is 0. The molecule has 64 heavy (non-hydrogen) atoms. The molecule has 360 valence electrons. The van der Waals surface area contributed by atoms with Crippen LogP contribution < -0.4 is 4.90 Å². The molecule has 0 aliphatic carbocycles. The molecule has 4 atom stereocenters. The minimum Gasteiger partial charge on any atom is -0.480 e. The second kappa shape index (κ2) is 21.0. The molecule has 4 aliphatic heterocycles. The summed E-state index contributed by atoms with van der Waals surface area (Å²) in [6.45, 7) is 18.0. The van der Waals surface area contributed by atoms with Gasteiger partial charge in [-0.15, -0.1) is 0 Å². The van der Waals surface area contributed by atoms with Crippen molar-refractivity contribution in [2.24, 2.45) is 0 Å². The van der Waals surface area contributed by atoms with E-state index >= 15 is 9.59 Å². The van der Waals surface area contributed by atoms with E-state index in [0.717, 1.165) is 4.90 Å². The van der Waals surface area contributed by atoms with Gasteiger partial charge in [0.05, 0.1) is 50.4 Å². The SMILES string of the molecule is CC(C)(C)OC(=O)CN(C(=O)COCC(=O)O)c1c(I)c(C(=O)N(CC2COC(C)(C)O2)CC2COC(C)(C)O2)c(I)c(C(=O)N(CC2COC(C)(C)O2)CC2COC(C)(C)O2)c1I. The molecule has 1 N–H and O–H groups in total. The third kappa shape index (κ3) is 14.5. The van der Waals surface area contributed by atoms with E-state index in [9.17, 15) is 19.5 Å². The Morgan fingerprint density at radius 1 is 0.609 bits per heavy atom. The van der Waals surface area contributed by atoms with Crippen molar-refractivity contribution < 1.29 is 76.4 Å². The maximum absolute atomic E-state index is 15.5. The summed E-state index contributed by atoms with van der Waals surface area (Å²) in [6.07, 6.45) is -2.18. The third-order valence-electron chi connectivity index (χ3n) is 9.99. The van der Waals surface area contributed by atoms with Gasteiger partial charge in [0, 0.05) is 29.7 Å². The Morgan fingerprint density at radius 3 is 1.23 bits per heavy atom. The van der Waals surface area contributed by atoms with Crippen molar-refractivity contribution >= 4 is 103 Å². The van der Waals surface area contributed by atoms with Crippen molar-refractivity contribution in [3.63, 3.8) is 0 Å². The molecule has 4 aliphatic rings. The normalized spacial score (nSPS) is 24.4. The fourth-order valence-electron chi connectivity index (χ4n) is 7.55. The number of benzene rings is 1. The van der Waals surface area contributed by atoms with Crippen LogP contribution in [0, 0.1) is 10.7 Å². The topological polar surface area (TPSA) is 208 Å². The van der Waals surface area contributed by atoms with E-state index in [1.807, 2.05) is 67.8 Å². The third-order valence-corrected chi connectivity index (χ3v) is 13.2. The summed E-state index contributed by atoms with van der Waals surface area (Å²) in [6, 6.07) is 0. The van der Waals surface area contributed by atoms with Crippen molar-refractivity contribution in [2.75, 3.05) is 77.3 Å². The Balaban J connectivity index is 1.70. The standard InChI is InChI=1S/C42H60I3N3O16/c1-38(2,3)64-29(52)16-48(27(49)21-55-22-28(50)51)35-33(44)30(36(53)46(12-23-17-56-39(4,5)60-23)13-24-18-57-40(6,7)61-24)32(43)31(34(35)45)37(54)47(14-25-19-58-41(8,9)62-25)15-26-20-59-42(10,11)63-26/h23-26H,12-22H2,1-11H3,(H,50,51). The predicted molar refractivity (Wildman–Crippen MR) is 253 cm³/mol. The number of amides is 3. The maximum Gasteiger partial charge on any atom is 0.329 e. The molecule has 1 aromatic rings. The molecule has 0 spiro atoms. The first-order chi connectivity index (χ1) is 29.5. The predicted octanol–water partition coefficient (Wildman–Crippen LogP) is 4.77. The fourth-order valence-corrected chi connectivity index (χ4v) is 12.2. The van der Waals surface area contributed by atoms with Gasteiger partial charge in [0.25, 0.3) is 17.7 Å². The number of esters is 1. The molecule has 0 radical (unpaired) electrons. The second-order valence-electron chi connectivity index (χ2n) is 18.7. The molecule has 4 heterocycles. The van der Waals surface area contributed by atoms with Gasteiger partial charge in [-0.1, -0.05) is 0 Å². The first-order valence-corrected chi connectivity index (χ1v) is 24.1. The molecule has 19 nitrogen and oxygen atoms in total. The highest BCUT2D eigenvalue weighted by molar-refractivity contribution is 14.1. The largest absolute Gasteiger partial charge is 0.480 e. The number of hydrogen-bond donors (Lipinski definition) is 1. The van der Waals surface area contributed by atoms with E-state index in [0.29, 0.717) is 0 Å². The zero-order valence-electron chi connectivity index (χ0n) is 38.1. The first-order valence-electron chi connectivity index (χ1n) is 20.8. The van der Waals surface area contributed by atoms with E-state index in [1.165, 1.54) is 0 Å². The molecule has 4 saturated heterocycles. The van der Waals surface area contributed by atoms with Gasteiger partial charge in [0.15, 0.2) is 23.1 Å². The highest BCUT2D eigenvalue weighted by atomic mass is 127. The Kier molecular flexibility index (Phi) is 17.5. The van der Waals surface area contributed by atoms with Crippen molar-refractivity contribution in [1.82, 2.24) is 9.80 Å². The number of carbonyl (C=O) groups is 5. The van der Waals surface area contributed by atoms with Crippen molar-refractivity contribution in [1.29, 1.82) is 0 Å². The number of nitrogens with zero attached hydrogens (tertiary/aromatic N) is 3. The summed E-state index contributed by atoms with van der Waals surface area (Å²) in [5, 5.41) is 9.32. The van der Waals surface area contributed by atoms with Crippen LogP contribution in [0.1, 0.15) is 96.9 Å². The number of carbonyl (C=O) groups excluding carboxylic acids is 4. The molecular formula is C42H60I3N3O16. The van der Waals surface area contributed by atoms with Gasteiger partial charge in [-0.2, -0.15) is 0 Å². The highest BCUT2D eigenvalue weighted by Crippen LogP contribution is 2.40. The van der Waals surface area contributed by atoms with Gasteiger partial charge >= 0.3 is 11.9 Å². The van der Waals surface area contributed by atoms with Crippen LogP contribution in [-0.2, 0) is 61.8 Å². The number of rotatable bonds is 17. The van der Waals surface area contributed by atoms with Gasteiger partial charge in [-0.3, -0.25) is 24.1 Å². The number of hydrogen-bond acceptors (Lipinski definition) is 15. The van der Waals surface area contributed by atoms with Crippen LogP contribution in [0.4, 0.5) is 5.69 Å². The minimum absolute atomic E-state index is 0.0364. The lowest BCUT2D eigenvalue weighted by Crippen LogP contribution is -2.47. The van der Waals surface area contributed by atoms with Crippen molar-refractivity contribution in [3.05, 3.63) is 21.8 Å². The molecule has 4 unspecified atom stereocenters. The van der Waals surface area contributed by atoms with Crippen molar-refractivity contribution in [3.8, 4) is 0 Å². The summed E-state index contributed by atoms with van der Waals surface area (Å²) in [4.78, 5) is 74.5. The zero-order valence-corrected chi connectivity index (χ0v) is 44.6. The average Bonchev–Trinajstić information content (AvgIpc) is 3.89. The quantitative estimate of drug-likeness (QED) is 0.165. The lowest BCUT2D eigenvalue weighted by atomic mass is 10.0. The Hall–Kier alpha value is -1.60.